The van der Waals surface area contributed by atoms with Crippen LogP contribution in [0.2, 0.25) is 0 Å². The molecule has 1 aliphatic rings. The lowest BCUT2D eigenvalue weighted by atomic mass is 9.85. The summed E-state index contributed by atoms with van der Waals surface area (Å²) in [5.41, 5.74) is 1.27. The molecule has 0 fully saturated rings. The number of nitrogens with one attached hydrogen (secondary N) is 1. The standard InChI is InChI=1S/C29H16N2O5/c32-25(17-11-5-2-6-12-17)24-22-20(26(33)31-27(22)34)15-19(16-9-3-1-4-10-16)23(24)28-30-21-14-8-7-13-18(21)29(35)36-28/h1-15H,(H,31,33,34). The SMILES string of the molecule is O=C1NC(=O)c2c1cc(-c1ccccc1)c(-c1nc3ccccc3c(=O)o1)c2C(=O)c1ccccc1. The van der Waals surface area contributed by atoms with E-state index >= 15 is 0 Å². The van der Waals surface area contributed by atoms with Crippen molar-refractivity contribution in [3.63, 3.8) is 0 Å². The highest BCUT2D eigenvalue weighted by atomic mass is 16.4. The van der Waals surface area contributed by atoms with Gasteiger partial charge in [-0.3, -0.25) is 19.7 Å². The Morgan fingerprint density at radius 1 is 0.722 bits per heavy atom. The summed E-state index contributed by atoms with van der Waals surface area (Å²) >= 11 is 0. The quantitative estimate of drug-likeness (QED) is 0.302. The monoisotopic (exact) mass is 472 g/mol. The van der Waals surface area contributed by atoms with Crippen molar-refractivity contribution in [1.29, 1.82) is 0 Å². The average molecular weight is 472 g/mol. The molecule has 0 saturated carbocycles. The summed E-state index contributed by atoms with van der Waals surface area (Å²) in [7, 11) is 0. The summed E-state index contributed by atoms with van der Waals surface area (Å²) in [5.74, 6) is -1.92. The van der Waals surface area contributed by atoms with Gasteiger partial charge in [-0.15, -0.1) is 0 Å². The Morgan fingerprint density at radius 2 is 1.39 bits per heavy atom. The van der Waals surface area contributed by atoms with Crippen LogP contribution in [0.5, 0.6) is 0 Å². The third-order valence-electron chi connectivity index (χ3n) is 6.12. The van der Waals surface area contributed by atoms with Gasteiger partial charge in [0.15, 0.2) is 5.78 Å². The van der Waals surface area contributed by atoms with Gasteiger partial charge in [0, 0.05) is 11.1 Å². The van der Waals surface area contributed by atoms with E-state index in [2.05, 4.69) is 10.3 Å². The summed E-state index contributed by atoms with van der Waals surface area (Å²) in [4.78, 5) is 57.1. The number of fused-ring (bicyclic) bond motifs is 2. The Labute approximate surface area is 204 Å². The van der Waals surface area contributed by atoms with Crippen LogP contribution in [0.15, 0.2) is 100 Å². The number of para-hydroxylation sites is 1. The zero-order valence-electron chi connectivity index (χ0n) is 18.6. The molecule has 172 valence electrons. The average Bonchev–Trinajstić information content (AvgIpc) is 3.21. The van der Waals surface area contributed by atoms with E-state index in [0.717, 1.165) is 0 Å². The second kappa shape index (κ2) is 8.25. The molecule has 1 aromatic heterocycles. The van der Waals surface area contributed by atoms with Crippen molar-refractivity contribution >= 4 is 28.5 Å². The van der Waals surface area contributed by atoms with Crippen molar-refractivity contribution in [3.05, 3.63) is 124 Å². The molecule has 1 N–H and O–H groups in total. The first kappa shape index (κ1) is 21.4. The van der Waals surface area contributed by atoms with Gasteiger partial charge in [-0.05, 0) is 29.3 Å². The molecule has 0 bridgehead atoms. The van der Waals surface area contributed by atoms with Crippen LogP contribution in [0.25, 0.3) is 33.5 Å². The topological polar surface area (TPSA) is 106 Å². The van der Waals surface area contributed by atoms with Crippen LogP contribution in [0, 0.1) is 0 Å². The minimum absolute atomic E-state index is 0.0492. The van der Waals surface area contributed by atoms with Crippen molar-refractivity contribution in [2.45, 2.75) is 0 Å². The fourth-order valence-corrected chi connectivity index (χ4v) is 4.49. The molecule has 2 amide bonds. The largest absolute Gasteiger partial charge is 0.403 e. The molecule has 0 atom stereocenters. The second-order valence-corrected chi connectivity index (χ2v) is 8.26. The number of amides is 2. The highest BCUT2D eigenvalue weighted by Crippen LogP contribution is 2.40. The van der Waals surface area contributed by atoms with Crippen LogP contribution in [0.1, 0.15) is 36.6 Å². The lowest BCUT2D eigenvalue weighted by molar-refractivity contribution is 0.0876. The summed E-state index contributed by atoms with van der Waals surface area (Å²) < 4.78 is 5.65. The molecule has 5 aromatic rings. The molecule has 0 saturated heterocycles. The van der Waals surface area contributed by atoms with Gasteiger partial charge in [0.2, 0.25) is 5.89 Å². The summed E-state index contributed by atoms with van der Waals surface area (Å²) in [6.45, 7) is 0. The number of imide groups is 1. The van der Waals surface area contributed by atoms with Gasteiger partial charge in [-0.2, -0.15) is 0 Å². The van der Waals surface area contributed by atoms with Gasteiger partial charge in [-0.1, -0.05) is 72.8 Å². The third kappa shape index (κ3) is 3.33. The van der Waals surface area contributed by atoms with E-state index in [1.165, 1.54) is 0 Å². The van der Waals surface area contributed by atoms with Gasteiger partial charge >= 0.3 is 5.63 Å². The zero-order chi connectivity index (χ0) is 24.8. The minimum Gasteiger partial charge on any atom is -0.403 e. The predicted octanol–water partition coefficient (Wildman–Crippen LogP) is 4.64. The first-order valence-electron chi connectivity index (χ1n) is 11.1. The predicted molar refractivity (Wildman–Crippen MR) is 133 cm³/mol. The van der Waals surface area contributed by atoms with Crippen molar-refractivity contribution in [2.24, 2.45) is 0 Å². The van der Waals surface area contributed by atoms with E-state index in [1.807, 2.05) is 6.07 Å². The highest BCUT2D eigenvalue weighted by molar-refractivity contribution is 6.29. The molecule has 6 rings (SSSR count). The maximum atomic E-state index is 13.9. The molecule has 36 heavy (non-hydrogen) atoms. The zero-order valence-corrected chi connectivity index (χ0v) is 18.6. The number of ketones is 1. The number of carbonyl (C=O) groups excluding carboxylic acids is 3. The van der Waals surface area contributed by atoms with Crippen molar-refractivity contribution < 1.29 is 18.8 Å². The fraction of sp³-hybridized carbons (Fsp3) is 0. The van der Waals surface area contributed by atoms with Crippen LogP contribution >= 0.6 is 0 Å². The molecular formula is C29H16N2O5. The summed E-state index contributed by atoms with van der Waals surface area (Å²) in [6.07, 6.45) is 0. The molecular weight excluding hydrogens is 456 g/mol. The van der Waals surface area contributed by atoms with Gasteiger partial charge in [0.25, 0.3) is 11.8 Å². The van der Waals surface area contributed by atoms with Gasteiger partial charge < -0.3 is 4.42 Å². The fourth-order valence-electron chi connectivity index (χ4n) is 4.49. The number of hydrogen-bond donors (Lipinski definition) is 1. The Bertz CT molecular complexity index is 1770. The first-order valence-corrected chi connectivity index (χ1v) is 11.1. The Kier molecular flexibility index (Phi) is 4.90. The number of carbonyl (C=O) groups is 3. The molecule has 7 nitrogen and oxygen atoms in total. The normalized spacial score (nSPS) is 12.4. The van der Waals surface area contributed by atoms with Crippen LogP contribution in [0.3, 0.4) is 0 Å². The van der Waals surface area contributed by atoms with Crippen molar-refractivity contribution in [3.8, 4) is 22.6 Å². The molecule has 2 heterocycles. The van der Waals surface area contributed by atoms with E-state index < -0.39 is 23.2 Å². The Hall–Kier alpha value is -5.17. The molecule has 0 spiro atoms. The Morgan fingerprint density at radius 3 is 2.14 bits per heavy atom. The molecule has 0 radical (unpaired) electrons. The lowest BCUT2D eigenvalue weighted by Crippen LogP contribution is -2.21. The van der Waals surface area contributed by atoms with Crippen LogP contribution in [-0.2, 0) is 0 Å². The highest BCUT2D eigenvalue weighted by Gasteiger charge is 2.37. The Balaban J connectivity index is 1.78. The summed E-state index contributed by atoms with van der Waals surface area (Å²) in [6, 6.07) is 25.7. The first-order chi connectivity index (χ1) is 17.5. The third-order valence-corrected chi connectivity index (χ3v) is 6.12. The number of aromatic nitrogens is 1. The minimum atomic E-state index is -0.696. The number of rotatable bonds is 4. The number of hydrogen-bond acceptors (Lipinski definition) is 6. The van der Waals surface area contributed by atoms with E-state index in [9.17, 15) is 19.2 Å². The number of nitrogens with zero attached hydrogens (tertiary/aromatic N) is 1. The summed E-state index contributed by atoms with van der Waals surface area (Å²) in [5, 5.41) is 2.57. The molecule has 0 unspecified atom stereocenters. The smallest absolute Gasteiger partial charge is 0.347 e. The van der Waals surface area contributed by atoms with Gasteiger partial charge in [0.05, 0.1) is 27.6 Å². The van der Waals surface area contributed by atoms with E-state index in [4.69, 9.17) is 4.42 Å². The molecule has 1 aliphatic heterocycles. The van der Waals surface area contributed by atoms with Crippen LogP contribution < -0.4 is 10.9 Å². The van der Waals surface area contributed by atoms with Gasteiger partial charge in [0.1, 0.15) is 0 Å². The van der Waals surface area contributed by atoms with Crippen molar-refractivity contribution in [2.75, 3.05) is 0 Å². The maximum Gasteiger partial charge on any atom is 0.347 e. The second-order valence-electron chi connectivity index (χ2n) is 8.26. The van der Waals surface area contributed by atoms with Crippen LogP contribution in [-0.4, -0.2) is 22.6 Å². The van der Waals surface area contributed by atoms with Crippen LogP contribution in [0.4, 0.5) is 0 Å². The maximum absolute atomic E-state index is 13.9. The molecule has 4 aromatic carbocycles. The van der Waals surface area contributed by atoms with E-state index in [1.54, 1.807) is 84.9 Å². The number of benzene rings is 4. The molecule has 0 aliphatic carbocycles. The molecule has 7 heteroatoms. The van der Waals surface area contributed by atoms with Gasteiger partial charge in [-0.25, -0.2) is 9.78 Å². The lowest BCUT2D eigenvalue weighted by Gasteiger charge is -2.16. The van der Waals surface area contributed by atoms with Crippen molar-refractivity contribution in [1.82, 2.24) is 10.3 Å². The van der Waals surface area contributed by atoms with E-state index in [-0.39, 0.29) is 33.5 Å². The van der Waals surface area contributed by atoms with E-state index in [0.29, 0.717) is 22.2 Å².